The average Bonchev–Trinajstić information content (AvgIpc) is 2.18. The summed E-state index contributed by atoms with van der Waals surface area (Å²) in [6.07, 6.45) is 1.12. The van der Waals surface area contributed by atoms with Crippen LogP contribution in [0.1, 0.15) is 5.56 Å². The van der Waals surface area contributed by atoms with Gasteiger partial charge in [0.1, 0.15) is 0 Å². The van der Waals surface area contributed by atoms with Crippen molar-refractivity contribution in [2.75, 3.05) is 18.4 Å². The first-order valence-corrected chi connectivity index (χ1v) is 4.65. The van der Waals surface area contributed by atoms with Gasteiger partial charge in [0.2, 0.25) is 0 Å². The molecule has 0 saturated carbocycles. The molecule has 0 fully saturated rings. The Hall–Kier alpha value is -1.06. The fourth-order valence-corrected chi connectivity index (χ4v) is 1.82. The molecule has 1 aliphatic heterocycles. The Morgan fingerprint density at radius 3 is 3.15 bits per heavy atom. The molecule has 0 aliphatic carbocycles. The highest BCUT2D eigenvalue weighted by Crippen LogP contribution is 2.23. The van der Waals surface area contributed by atoms with Crippen LogP contribution in [0, 0.1) is 5.92 Å². The molecule has 1 unspecified atom stereocenters. The van der Waals surface area contributed by atoms with Crippen LogP contribution in [-0.4, -0.2) is 13.1 Å². The molecule has 3 nitrogen and oxygen atoms in total. The lowest BCUT2D eigenvalue weighted by Gasteiger charge is -2.25. The summed E-state index contributed by atoms with van der Waals surface area (Å²) < 4.78 is 0. The van der Waals surface area contributed by atoms with Gasteiger partial charge >= 0.3 is 0 Å². The maximum atomic E-state index is 5.30. The minimum absolute atomic E-state index is 0.611. The first-order valence-electron chi connectivity index (χ1n) is 4.65. The van der Waals surface area contributed by atoms with E-state index >= 15 is 0 Å². The van der Waals surface area contributed by atoms with Crippen molar-refractivity contribution in [3.63, 3.8) is 0 Å². The van der Waals surface area contributed by atoms with Crippen molar-refractivity contribution in [1.82, 2.24) is 5.43 Å². The van der Waals surface area contributed by atoms with Crippen molar-refractivity contribution in [3.05, 3.63) is 29.8 Å². The Morgan fingerprint density at radius 1 is 1.46 bits per heavy atom. The third kappa shape index (κ3) is 1.82. The molecule has 1 aliphatic rings. The van der Waals surface area contributed by atoms with Gasteiger partial charge in [-0.05, 0) is 24.0 Å². The number of fused-ring (bicyclic) bond motifs is 1. The topological polar surface area (TPSA) is 50.1 Å². The van der Waals surface area contributed by atoms with E-state index < -0.39 is 0 Å². The van der Waals surface area contributed by atoms with Crippen molar-refractivity contribution >= 4 is 5.69 Å². The highest BCUT2D eigenvalue weighted by molar-refractivity contribution is 5.53. The van der Waals surface area contributed by atoms with Gasteiger partial charge in [-0.15, -0.1) is 0 Å². The van der Waals surface area contributed by atoms with E-state index in [-0.39, 0.29) is 0 Å². The van der Waals surface area contributed by atoms with Gasteiger partial charge in [0.15, 0.2) is 0 Å². The van der Waals surface area contributed by atoms with E-state index in [4.69, 9.17) is 5.84 Å². The van der Waals surface area contributed by atoms with Gasteiger partial charge in [-0.1, -0.05) is 18.2 Å². The minimum atomic E-state index is 0.611. The maximum Gasteiger partial charge on any atom is 0.0372 e. The number of para-hydroxylation sites is 1. The van der Waals surface area contributed by atoms with Gasteiger partial charge in [0.05, 0.1) is 0 Å². The van der Waals surface area contributed by atoms with Crippen molar-refractivity contribution in [2.24, 2.45) is 11.8 Å². The molecular weight excluding hydrogens is 162 g/mol. The zero-order valence-electron chi connectivity index (χ0n) is 7.59. The molecule has 0 saturated heterocycles. The molecule has 2 rings (SSSR count). The monoisotopic (exact) mass is 177 g/mol. The third-order valence-corrected chi connectivity index (χ3v) is 2.51. The number of nitrogens with one attached hydrogen (secondary N) is 2. The van der Waals surface area contributed by atoms with Crippen molar-refractivity contribution < 1.29 is 0 Å². The third-order valence-electron chi connectivity index (χ3n) is 2.51. The second-order valence-corrected chi connectivity index (χ2v) is 3.52. The second-order valence-electron chi connectivity index (χ2n) is 3.52. The van der Waals surface area contributed by atoms with Crippen LogP contribution in [-0.2, 0) is 6.42 Å². The summed E-state index contributed by atoms with van der Waals surface area (Å²) in [5, 5.41) is 3.40. The van der Waals surface area contributed by atoms with Crippen LogP contribution >= 0.6 is 0 Å². The van der Waals surface area contributed by atoms with E-state index in [0.717, 1.165) is 19.5 Å². The summed E-state index contributed by atoms with van der Waals surface area (Å²) in [5.41, 5.74) is 5.40. The van der Waals surface area contributed by atoms with Crippen LogP contribution in [0.5, 0.6) is 0 Å². The zero-order valence-corrected chi connectivity index (χ0v) is 7.59. The van der Waals surface area contributed by atoms with E-state index in [9.17, 15) is 0 Å². The Morgan fingerprint density at radius 2 is 2.31 bits per heavy atom. The minimum Gasteiger partial charge on any atom is -0.384 e. The number of nitrogens with two attached hydrogens (primary N) is 1. The molecule has 70 valence electrons. The Bertz CT molecular complexity index is 285. The molecule has 0 radical (unpaired) electrons. The normalized spacial score (nSPS) is 20.5. The number of hydrogen-bond acceptors (Lipinski definition) is 3. The average molecular weight is 177 g/mol. The number of hydrogen-bond donors (Lipinski definition) is 3. The molecule has 0 bridgehead atoms. The van der Waals surface area contributed by atoms with Gasteiger partial charge in [-0.3, -0.25) is 11.3 Å². The SMILES string of the molecule is NNCC1CNc2ccccc2C1. The summed E-state index contributed by atoms with van der Waals surface area (Å²) in [7, 11) is 0. The lowest BCUT2D eigenvalue weighted by atomic mass is 9.94. The Kier molecular flexibility index (Phi) is 2.47. The molecular formula is C10H15N3. The first kappa shape index (κ1) is 8.53. The van der Waals surface area contributed by atoms with Crippen LogP contribution in [0.15, 0.2) is 24.3 Å². The molecule has 13 heavy (non-hydrogen) atoms. The number of rotatable bonds is 2. The van der Waals surface area contributed by atoms with E-state index in [0.29, 0.717) is 5.92 Å². The van der Waals surface area contributed by atoms with Gasteiger partial charge in [-0.25, -0.2) is 0 Å². The largest absolute Gasteiger partial charge is 0.384 e. The van der Waals surface area contributed by atoms with Crippen LogP contribution in [0.2, 0.25) is 0 Å². The summed E-state index contributed by atoms with van der Waals surface area (Å²) >= 11 is 0. The maximum absolute atomic E-state index is 5.30. The zero-order chi connectivity index (χ0) is 9.10. The Labute approximate surface area is 78.3 Å². The highest BCUT2D eigenvalue weighted by atomic mass is 15.2. The van der Waals surface area contributed by atoms with E-state index in [1.165, 1.54) is 11.3 Å². The summed E-state index contributed by atoms with van der Waals surface area (Å²) in [5.74, 6) is 5.91. The van der Waals surface area contributed by atoms with E-state index in [1.807, 2.05) is 0 Å². The molecule has 4 N–H and O–H groups in total. The molecule has 1 heterocycles. The van der Waals surface area contributed by atoms with Crippen molar-refractivity contribution in [1.29, 1.82) is 0 Å². The number of benzene rings is 1. The Balaban J connectivity index is 2.11. The first-order chi connectivity index (χ1) is 6.40. The summed E-state index contributed by atoms with van der Waals surface area (Å²) in [6.45, 7) is 1.89. The summed E-state index contributed by atoms with van der Waals surface area (Å²) in [4.78, 5) is 0. The lowest BCUT2D eigenvalue weighted by molar-refractivity contribution is 0.492. The van der Waals surface area contributed by atoms with Gasteiger partial charge in [0.25, 0.3) is 0 Å². The smallest absolute Gasteiger partial charge is 0.0372 e. The number of hydrazine groups is 1. The molecule has 0 amide bonds. The van der Waals surface area contributed by atoms with Gasteiger partial charge < -0.3 is 5.32 Å². The molecule has 1 atom stereocenters. The highest BCUT2D eigenvalue weighted by Gasteiger charge is 2.16. The molecule has 1 aromatic rings. The number of anilines is 1. The van der Waals surface area contributed by atoms with E-state index in [2.05, 4.69) is 35.0 Å². The molecule has 1 aromatic carbocycles. The van der Waals surface area contributed by atoms with Gasteiger partial charge in [-0.2, -0.15) is 0 Å². The summed E-state index contributed by atoms with van der Waals surface area (Å²) in [6, 6.07) is 8.44. The van der Waals surface area contributed by atoms with Crippen LogP contribution in [0.4, 0.5) is 5.69 Å². The van der Waals surface area contributed by atoms with Crippen LogP contribution in [0.25, 0.3) is 0 Å². The quantitative estimate of drug-likeness (QED) is 0.461. The van der Waals surface area contributed by atoms with Crippen molar-refractivity contribution in [2.45, 2.75) is 6.42 Å². The van der Waals surface area contributed by atoms with Crippen LogP contribution in [0.3, 0.4) is 0 Å². The van der Waals surface area contributed by atoms with Crippen LogP contribution < -0.4 is 16.6 Å². The fourth-order valence-electron chi connectivity index (χ4n) is 1.82. The van der Waals surface area contributed by atoms with E-state index in [1.54, 1.807) is 0 Å². The predicted molar refractivity (Wildman–Crippen MR) is 54.3 cm³/mol. The molecule has 0 spiro atoms. The lowest BCUT2D eigenvalue weighted by Crippen LogP contribution is -2.35. The van der Waals surface area contributed by atoms with Crippen molar-refractivity contribution in [3.8, 4) is 0 Å². The molecule has 0 aromatic heterocycles. The molecule has 3 heteroatoms. The fraction of sp³-hybridized carbons (Fsp3) is 0.400. The second kappa shape index (κ2) is 3.77. The predicted octanol–water partition coefficient (Wildman–Crippen LogP) is 0.734. The van der Waals surface area contributed by atoms with Gasteiger partial charge in [0, 0.05) is 18.8 Å². The standard InChI is InChI=1S/C10H15N3/c11-13-7-8-5-9-3-1-2-4-10(9)12-6-8/h1-4,8,12-13H,5-7,11H2.